The van der Waals surface area contributed by atoms with Gasteiger partial charge in [0.05, 0.1) is 12.0 Å². The minimum absolute atomic E-state index is 0.130. The van der Waals surface area contributed by atoms with Gasteiger partial charge in [0.25, 0.3) is 0 Å². The number of hydrogen-bond donors (Lipinski definition) is 2. The van der Waals surface area contributed by atoms with Crippen molar-refractivity contribution in [2.45, 2.75) is 32.1 Å². The van der Waals surface area contributed by atoms with Gasteiger partial charge >= 0.3 is 5.97 Å². The number of nitrogens with zero attached hydrogens (tertiary/aromatic N) is 1. The van der Waals surface area contributed by atoms with E-state index in [0.717, 1.165) is 32.1 Å². The van der Waals surface area contributed by atoms with Crippen LogP contribution in [0.25, 0.3) is 0 Å². The Morgan fingerprint density at radius 3 is 2.42 bits per heavy atom. The van der Waals surface area contributed by atoms with Crippen molar-refractivity contribution in [2.75, 3.05) is 33.4 Å². The van der Waals surface area contributed by atoms with E-state index in [-0.39, 0.29) is 19.0 Å². The van der Waals surface area contributed by atoms with Gasteiger partial charge in [-0.1, -0.05) is 19.3 Å². The lowest BCUT2D eigenvalue weighted by Gasteiger charge is -2.38. The van der Waals surface area contributed by atoms with E-state index in [2.05, 4.69) is 0 Å². The van der Waals surface area contributed by atoms with Gasteiger partial charge in [-0.2, -0.15) is 0 Å². The van der Waals surface area contributed by atoms with Crippen molar-refractivity contribution in [1.82, 2.24) is 4.90 Å². The molecule has 1 rings (SSSR count). The van der Waals surface area contributed by atoms with Crippen LogP contribution in [0.15, 0.2) is 0 Å². The van der Waals surface area contributed by atoms with Crippen LogP contribution in [0, 0.1) is 5.41 Å². The molecule has 0 radical (unpaired) electrons. The Morgan fingerprint density at radius 2 is 1.95 bits per heavy atom. The normalized spacial score (nSPS) is 18.0. The Labute approximate surface area is 113 Å². The minimum atomic E-state index is -1.01. The van der Waals surface area contributed by atoms with Crippen molar-refractivity contribution in [2.24, 2.45) is 11.1 Å². The molecule has 6 nitrogen and oxygen atoms in total. The molecule has 0 heterocycles. The number of carbonyl (C=O) groups is 2. The summed E-state index contributed by atoms with van der Waals surface area (Å²) in [7, 11) is 1.53. The van der Waals surface area contributed by atoms with E-state index in [1.807, 2.05) is 0 Å². The van der Waals surface area contributed by atoms with Crippen LogP contribution in [0.3, 0.4) is 0 Å². The van der Waals surface area contributed by atoms with Gasteiger partial charge in [0.15, 0.2) is 0 Å². The summed E-state index contributed by atoms with van der Waals surface area (Å²) >= 11 is 0. The average Bonchev–Trinajstić information content (AvgIpc) is 2.43. The van der Waals surface area contributed by atoms with Gasteiger partial charge in [0.2, 0.25) is 5.91 Å². The second kappa shape index (κ2) is 7.45. The van der Waals surface area contributed by atoms with Gasteiger partial charge in [-0.05, 0) is 12.8 Å². The highest BCUT2D eigenvalue weighted by Crippen LogP contribution is 2.37. The van der Waals surface area contributed by atoms with E-state index in [1.54, 1.807) is 0 Å². The van der Waals surface area contributed by atoms with Crippen molar-refractivity contribution in [1.29, 1.82) is 0 Å². The van der Waals surface area contributed by atoms with Crippen molar-refractivity contribution >= 4 is 11.9 Å². The van der Waals surface area contributed by atoms with Gasteiger partial charge in [0, 0.05) is 20.2 Å². The summed E-state index contributed by atoms with van der Waals surface area (Å²) in [5.41, 5.74) is 5.24. The number of hydrogen-bond acceptors (Lipinski definition) is 4. The van der Waals surface area contributed by atoms with E-state index in [1.165, 1.54) is 12.0 Å². The molecule has 110 valence electrons. The topological polar surface area (TPSA) is 92.9 Å². The minimum Gasteiger partial charge on any atom is -0.480 e. The molecule has 0 aromatic rings. The molecule has 0 unspecified atom stereocenters. The Bertz CT molecular complexity index is 314. The maximum absolute atomic E-state index is 12.6. The zero-order valence-corrected chi connectivity index (χ0v) is 11.6. The molecule has 3 N–H and O–H groups in total. The predicted molar refractivity (Wildman–Crippen MR) is 70.7 cm³/mol. The average molecular weight is 272 g/mol. The first-order valence-corrected chi connectivity index (χ1v) is 6.76. The van der Waals surface area contributed by atoms with Crippen molar-refractivity contribution in [3.8, 4) is 0 Å². The Balaban J connectivity index is 2.79. The molecular formula is C13H24N2O4. The molecule has 1 amide bonds. The van der Waals surface area contributed by atoms with Crippen LogP contribution < -0.4 is 5.73 Å². The number of carboxylic acids is 1. The summed E-state index contributed by atoms with van der Waals surface area (Å²) in [6.45, 7) is 0.627. The van der Waals surface area contributed by atoms with Crippen LogP contribution in [0.1, 0.15) is 32.1 Å². The molecule has 0 bridgehead atoms. The van der Waals surface area contributed by atoms with Gasteiger partial charge in [-0.3, -0.25) is 9.59 Å². The number of methoxy groups -OCH3 is 1. The highest BCUT2D eigenvalue weighted by molar-refractivity contribution is 5.86. The van der Waals surface area contributed by atoms with E-state index in [9.17, 15) is 9.59 Å². The monoisotopic (exact) mass is 272 g/mol. The number of ether oxygens (including phenoxy) is 1. The lowest BCUT2D eigenvalue weighted by Crippen LogP contribution is -2.51. The van der Waals surface area contributed by atoms with Crippen LogP contribution in [0.4, 0.5) is 0 Å². The SMILES string of the molecule is COCCN(CC(=O)O)C(=O)C1(CN)CCCCC1. The van der Waals surface area contributed by atoms with Gasteiger partial charge < -0.3 is 20.5 Å². The lowest BCUT2D eigenvalue weighted by atomic mass is 9.73. The Morgan fingerprint density at radius 1 is 1.32 bits per heavy atom. The van der Waals surface area contributed by atoms with Crippen LogP contribution in [-0.4, -0.2) is 55.2 Å². The van der Waals surface area contributed by atoms with Crippen LogP contribution >= 0.6 is 0 Å². The van der Waals surface area contributed by atoms with Crippen LogP contribution in [-0.2, 0) is 14.3 Å². The third kappa shape index (κ3) is 4.18. The Hall–Kier alpha value is -1.14. The molecule has 19 heavy (non-hydrogen) atoms. The van der Waals surface area contributed by atoms with Crippen molar-refractivity contribution in [3.63, 3.8) is 0 Å². The first-order chi connectivity index (χ1) is 9.05. The second-order valence-electron chi connectivity index (χ2n) is 5.16. The Kier molecular flexibility index (Phi) is 6.24. The van der Waals surface area contributed by atoms with Crippen LogP contribution in [0.2, 0.25) is 0 Å². The highest BCUT2D eigenvalue weighted by atomic mass is 16.5. The first-order valence-electron chi connectivity index (χ1n) is 6.76. The fourth-order valence-corrected chi connectivity index (χ4v) is 2.69. The zero-order valence-electron chi connectivity index (χ0n) is 11.6. The molecular weight excluding hydrogens is 248 g/mol. The third-order valence-electron chi connectivity index (χ3n) is 3.83. The third-order valence-corrected chi connectivity index (χ3v) is 3.83. The molecule has 1 aliphatic carbocycles. The summed E-state index contributed by atoms with van der Waals surface area (Å²) in [5, 5.41) is 8.92. The number of aliphatic carboxylic acids is 1. The summed E-state index contributed by atoms with van der Waals surface area (Å²) in [4.78, 5) is 24.9. The smallest absolute Gasteiger partial charge is 0.323 e. The molecule has 0 spiro atoms. The number of amides is 1. The zero-order chi connectivity index (χ0) is 14.3. The quantitative estimate of drug-likeness (QED) is 0.702. The summed E-state index contributed by atoms with van der Waals surface area (Å²) in [6.07, 6.45) is 4.59. The first kappa shape index (κ1) is 15.9. The fraction of sp³-hybridized carbons (Fsp3) is 0.846. The van der Waals surface area contributed by atoms with E-state index < -0.39 is 11.4 Å². The molecule has 0 aromatic heterocycles. The second-order valence-corrected chi connectivity index (χ2v) is 5.16. The van der Waals surface area contributed by atoms with E-state index >= 15 is 0 Å². The van der Waals surface area contributed by atoms with E-state index in [4.69, 9.17) is 15.6 Å². The van der Waals surface area contributed by atoms with Gasteiger partial charge in [0.1, 0.15) is 6.54 Å². The fourth-order valence-electron chi connectivity index (χ4n) is 2.69. The molecule has 0 atom stereocenters. The number of carboxylic acid groups (broad SMARTS) is 1. The molecule has 0 aliphatic heterocycles. The molecule has 1 aliphatic rings. The molecule has 0 aromatic carbocycles. The number of rotatable bonds is 7. The highest BCUT2D eigenvalue weighted by Gasteiger charge is 2.41. The summed E-state index contributed by atoms with van der Waals surface area (Å²) in [5.74, 6) is -1.14. The largest absolute Gasteiger partial charge is 0.480 e. The number of carbonyl (C=O) groups excluding carboxylic acids is 1. The standard InChI is InChI=1S/C13H24N2O4/c1-19-8-7-15(9-11(16)17)12(18)13(10-14)5-3-2-4-6-13/h2-10,14H2,1H3,(H,16,17). The molecule has 0 saturated heterocycles. The number of nitrogens with two attached hydrogens (primary N) is 1. The lowest BCUT2D eigenvalue weighted by molar-refractivity contribution is -0.151. The molecule has 1 saturated carbocycles. The van der Waals surface area contributed by atoms with Gasteiger partial charge in [-0.25, -0.2) is 0 Å². The molecule has 1 fully saturated rings. The van der Waals surface area contributed by atoms with E-state index in [0.29, 0.717) is 13.2 Å². The van der Waals surface area contributed by atoms with Crippen molar-refractivity contribution < 1.29 is 19.4 Å². The maximum atomic E-state index is 12.6. The van der Waals surface area contributed by atoms with Crippen molar-refractivity contribution in [3.05, 3.63) is 0 Å². The van der Waals surface area contributed by atoms with Gasteiger partial charge in [-0.15, -0.1) is 0 Å². The summed E-state index contributed by atoms with van der Waals surface area (Å²) in [6, 6.07) is 0. The molecule has 6 heteroatoms. The maximum Gasteiger partial charge on any atom is 0.323 e. The van der Waals surface area contributed by atoms with Crippen LogP contribution in [0.5, 0.6) is 0 Å². The summed E-state index contributed by atoms with van der Waals surface area (Å²) < 4.78 is 4.94. The predicted octanol–water partition coefficient (Wildman–Crippen LogP) is 0.455.